The van der Waals surface area contributed by atoms with E-state index in [1.165, 1.54) is 0 Å². The molecule has 0 aromatic carbocycles. The van der Waals surface area contributed by atoms with Gasteiger partial charge in [-0.1, -0.05) is 0 Å². The lowest BCUT2D eigenvalue weighted by molar-refractivity contribution is -0.338. The highest BCUT2D eigenvalue weighted by Crippen LogP contribution is 2.33. The van der Waals surface area contributed by atoms with Crippen molar-refractivity contribution in [1.82, 2.24) is 5.32 Å². The molecular weight excluding hydrogens is 610 g/mol. The molecule has 0 bridgehead atoms. The van der Waals surface area contributed by atoms with Gasteiger partial charge in [0.05, 0.1) is 6.61 Å². The summed E-state index contributed by atoms with van der Waals surface area (Å²) < 4.78 is 99.8. The van der Waals surface area contributed by atoms with Crippen LogP contribution in [-0.4, -0.2) is 136 Å². The first kappa shape index (κ1) is 35.1. The summed E-state index contributed by atoms with van der Waals surface area (Å²) in [6.45, 7) is 0.0999. The van der Waals surface area contributed by atoms with Crippen molar-refractivity contribution in [3.8, 4) is 0 Å². The van der Waals surface area contributed by atoms with Crippen molar-refractivity contribution in [3.63, 3.8) is 0 Å². The Labute approximate surface area is 235 Å². The Balaban J connectivity index is 2.50. The van der Waals surface area contributed by atoms with Crippen molar-refractivity contribution in [2.45, 2.75) is 81.1 Å². The lowest BCUT2D eigenvalue weighted by atomic mass is 9.93. The number of thiol groups is 1. The molecule has 0 radical (unpaired) electrons. The maximum absolute atomic E-state index is 12.8. The maximum atomic E-state index is 12.8. The summed E-state index contributed by atoms with van der Waals surface area (Å²) >= 11 is 4.03. The Hall–Kier alpha value is -1.05. The van der Waals surface area contributed by atoms with Gasteiger partial charge < -0.3 is 39.2 Å². The second-order valence-electron chi connectivity index (χ2n) is 8.71. The zero-order valence-electron chi connectivity index (χ0n) is 21.5. The Morgan fingerprint density at radius 2 is 1.57 bits per heavy atom. The Kier molecular flexibility index (Phi) is 13.1. The van der Waals surface area contributed by atoms with E-state index in [2.05, 4.69) is 26.3 Å². The van der Waals surface area contributed by atoms with Gasteiger partial charge >= 0.3 is 20.8 Å². The average Bonchev–Trinajstić information content (AvgIpc) is 2.84. The third kappa shape index (κ3) is 9.76. The van der Waals surface area contributed by atoms with Gasteiger partial charge in [0.15, 0.2) is 24.5 Å². The first-order valence-electron chi connectivity index (χ1n) is 11.6. The van der Waals surface area contributed by atoms with Crippen LogP contribution in [0.4, 0.5) is 0 Å². The monoisotopic (exact) mass is 643 g/mol. The SMILES string of the molecule is CO[C@@H]1OC(COS(=O)(=O)O)[C@H](O[C@@H]2OC(C(=O)CCCS)[C@H](OC)[C@@H](O)C2OS(=O)(=O)O)[C@@H](O)C1NC(C)=O. The van der Waals surface area contributed by atoms with E-state index in [1.807, 2.05) is 0 Å². The number of Topliss-reactive ketones (excluding diaryl/α,β-unsaturated/α-hetero) is 1. The summed E-state index contributed by atoms with van der Waals surface area (Å²) in [7, 11) is -8.10. The first-order valence-corrected chi connectivity index (χ1v) is 15.0. The van der Waals surface area contributed by atoms with Crippen LogP contribution in [0.2, 0.25) is 0 Å². The van der Waals surface area contributed by atoms with Gasteiger partial charge in [0.2, 0.25) is 5.91 Å². The predicted octanol–water partition coefficient (Wildman–Crippen LogP) is -3.00. The number of hydrogen-bond acceptors (Lipinski definition) is 16. The minimum absolute atomic E-state index is 0.0998. The minimum atomic E-state index is -5.29. The van der Waals surface area contributed by atoms with Gasteiger partial charge in [0.1, 0.15) is 42.7 Å². The van der Waals surface area contributed by atoms with Crippen molar-refractivity contribution < 1.29 is 77.8 Å². The fourth-order valence-corrected chi connectivity index (χ4v) is 5.17. The van der Waals surface area contributed by atoms with Crippen LogP contribution in [0.15, 0.2) is 0 Å². The summed E-state index contributed by atoms with van der Waals surface area (Å²) in [6, 6.07) is -1.37. The molecule has 18 nitrogen and oxygen atoms in total. The van der Waals surface area contributed by atoms with E-state index in [9.17, 15) is 41.2 Å². The van der Waals surface area contributed by atoms with Crippen LogP contribution in [0.3, 0.4) is 0 Å². The van der Waals surface area contributed by atoms with E-state index in [0.29, 0.717) is 12.2 Å². The number of carbonyl (C=O) groups is 2. The molecule has 40 heavy (non-hydrogen) atoms. The Morgan fingerprint density at radius 3 is 2.08 bits per heavy atom. The second kappa shape index (κ2) is 14.9. The molecular formula is C19H33NO17S3. The number of nitrogens with one attached hydrogen (secondary N) is 1. The smallest absolute Gasteiger partial charge is 0.388 e. The molecule has 0 saturated carbocycles. The summed E-state index contributed by atoms with van der Waals surface area (Å²) in [5.41, 5.74) is 0. The molecule has 0 aromatic rings. The van der Waals surface area contributed by atoms with Crippen LogP contribution < -0.4 is 5.32 Å². The molecule has 2 aliphatic rings. The normalized spacial score (nSPS) is 35.3. The van der Waals surface area contributed by atoms with Crippen LogP contribution in [0, 0.1) is 0 Å². The first-order chi connectivity index (χ1) is 18.5. The lowest BCUT2D eigenvalue weighted by Crippen LogP contribution is -2.68. The molecule has 2 saturated heterocycles. The number of methoxy groups -OCH3 is 2. The number of aliphatic hydroxyl groups is 2. The highest BCUT2D eigenvalue weighted by atomic mass is 32.3. The third-order valence-electron chi connectivity index (χ3n) is 5.87. The third-order valence-corrected chi connectivity index (χ3v) is 7.09. The zero-order valence-corrected chi connectivity index (χ0v) is 24.0. The van der Waals surface area contributed by atoms with E-state index < -0.39 is 100 Å². The zero-order chi connectivity index (χ0) is 30.4. The van der Waals surface area contributed by atoms with Crippen molar-refractivity contribution in [3.05, 3.63) is 0 Å². The van der Waals surface area contributed by atoms with Gasteiger partial charge in [-0.15, -0.1) is 0 Å². The van der Waals surface area contributed by atoms with Crippen molar-refractivity contribution >= 4 is 45.1 Å². The number of hydrogen-bond donors (Lipinski definition) is 6. The van der Waals surface area contributed by atoms with Crippen LogP contribution in [0.25, 0.3) is 0 Å². The molecule has 0 spiro atoms. The fraction of sp³-hybridized carbons (Fsp3) is 0.895. The Bertz CT molecular complexity index is 1070. The van der Waals surface area contributed by atoms with Gasteiger partial charge in [-0.2, -0.15) is 29.5 Å². The van der Waals surface area contributed by atoms with E-state index in [0.717, 1.165) is 21.1 Å². The second-order valence-corrected chi connectivity index (χ2v) is 11.3. The van der Waals surface area contributed by atoms with Gasteiger partial charge in [-0.05, 0) is 12.2 Å². The van der Waals surface area contributed by atoms with Crippen LogP contribution in [-0.2, 0) is 62.4 Å². The van der Waals surface area contributed by atoms with E-state index in [-0.39, 0.29) is 6.42 Å². The largest absolute Gasteiger partial charge is 0.397 e. The van der Waals surface area contributed by atoms with Gasteiger partial charge in [0, 0.05) is 27.6 Å². The molecule has 2 rings (SSSR count). The number of ketones is 1. The number of ether oxygens (including phenoxy) is 5. The quantitative estimate of drug-likeness (QED) is 0.0813. The predicted molar refractivity (Wildman–Crippen MR) is 132 cm³/mol. The molecule has 234 valence electrons. The molecule has 1 amide bonds. The maximum Gasteiger partial charge on any atom is 0.397 e. The van der Waals surface area contributed by atoms with Crippen LogP contribution in [0.5, 0.6) is 0 Å². The number of aliphatic hydroxyl groups excluding tert-OH is 2. The summed E-state index contributed by atoms with van der Waals surface area (Å²) in [6.07, 6.45) is -15.7. The molecule has 0 aliphatic carbocycles. The van der Waals surface area contributed by atoms with Crippen molar-refractivity contribution in [2.75, 3.05) is 26.6 Å². The molecule has 10 atom stereocenters. The van der Waals surface area contributed by atoms with E-state index in [1.54, 1.807) is 0 Å². The fourth-order valence-electron chi connectivity index (χ4n) is 4.22. The number of rotatable bonds is 14. The van der Waals surface area contributed by atoms with Crippen molar-refractivity contribution in [1.29, 1.82) is 0 Å². The molecule has 21 heteroatoms. The topological polar surface area (TPSA) is 260 Å². The molecule has 4 unspecified atom stereocenters. The standard InChI is InChI=1S/C19H33NO17S3/c1-8(21)20-11-12(23)15(10(34-18(11)32-3)7-33-39(25,26)27)36-19-17(37-40(28,29)30)13(24)16(31-2)14(35-19)9(22)5-4-6-38/h10-19,23-24,38H,4-7H2,1-3H3,(H,20,21)(H,25,26,27)(H,28,29,30)/t10?,11?,12-,13+,14?,15-,16+,17?,18+,19-/m0/s1. The van der Waals surface area contributed by atoms with Gasteiger partial charge in [-0.25, -0.2) is 8.37 Å². The molecule has 2 heterocycles. The summed E-state index contributed by atoms with van der Waals surface area (Å²) in [5.74, 6) is -0.948. The van der Waals surface area contributed by atoms with Gasteiger partial charge in [0.25, 0.3) is 0 Å². The molecule has 5 N–H and O–H groups in total. The highest BCUT2D eigenvalue weighted by molar-refractivity contribution is 7.81. The molecule has 2 fully saturated rings. The minimum Gasteiger partial charge on any atom is -0.388 e. The van der Waals surface area contributed by atoms with Gasteiger partial charge in [-0.3, -0.25) is 18.7 Å². The highest BCUT2D eigenvalue weighted by Gasteiger charge is 2.54. The summed E-state index contributed by atoms with van der Waals surface area (Å²) in [5, 5.41) is 24.3. The van der Waals surface area contributed by atoms with Crippen LogP contribution >= 0.6 is 12.6 Å². The number of carbonyl (C=O) groups excluding carboxylic acids is 2. The van der Waals surface area contributed by atoms with E-state index in [4.69, 9.17) is 28.2 Å². The summed E-state index contributed by atoms with van der Waals surface area (Å²) in [4.78, 5) is 24.6. The average molecular weight is 644 g/mol. The van der Waals surface area contributed by atoms with Crippen molar-refractivity contribution in [2.24, 2.45) is 0 Å². The lowest BCUT2D eigenvalue weighted by Gasteiger charge is -2.47. The molecule has 0 aromatic heterocycles. The van der Waals surface area contributed by atoms with Crippen LogP contribution in [0.1, 0.15) is 19.8 Å². The van der Waals surface area contributed by atoms with E-state index >= 15 is 0 Å². The Morgan fingerprint density at radius 1 is 0.925 bits per heavy atom. The number of amides is 1. The molecule has 2 aliphatic heterocycles.